The second-order valence-electron chi connectivity index (χ2n) is 3.35. The van der Waals surface area contributed by atoms with Gasteiger partial charge in [-0.2, -0.15) is 0 Å². The number of halogens is 1. The van der Waals surface area contributed by atoms with E-state index in [0.29, 0.717) is 11.2 Å². The van der Waals surface area contributed by atoms with Gasteiger partial charge in [0.1, 0.15) is 6.29 Å². The van der Waals surface area contributed by atoms with Gasteiger partial charge >= 0.3 is 0 Å². The van der Waals surface area contributed by atoms with E-state index in [1.165, 1.54) is 12.8 Å². The van der Waals surface area contributed by atoms with Crippen LogP contribution in [-0.4, -0.2) is 24.2 Å². The van der Waals surface area contributed by atoms with Crippen molar-refractivity contribution in [1.29, 1.82) is 0 Å². The van der Waals surface area contributed by atoms with Gasteiger partial charge in [-0.25, -0.2) is 0 Å². The number of aldehydes is 1. The Morgan fingerprint density at radius 2 is 2.17 bits per heavy atom. The lowest BCUT2D eigenvalue weighted by Gasteiger charge is -2.26. The molecule has 0 amide bonds. The number of hydrogen-bond acceptors (Lipinski definition) is 2. The maximum atomic E-state index is 10.2. The van der Waals surface area contributed by atoms with Crippen molar-refractivity contribution in [3.63, 3.8) is 0 Å². The van der Waals surface area contributed by atoms with Gasteiger partial charge in [0.15, 0.2) is 0 Å². The lowest BCUT2D eigenvalue weighted by molar-refractivity contribution is -0.107. The third-order valence-electron chi connectivity index (χ3n) is 2.46. The summed E-state index contributed by atoms with van der Waals surface area (Å²) in [5, 5.41) is 3.34. The molecule has 1 fully saturated rings. The van der Waals surface area contributed by atoms with Gasteiger partial charge in [-0.05, 0) is 38.3 Å². The van der Waals surface area contributed by atoms with Gasteiger partial charge in [-0.1, -0.05) is 15.9 Å². The molecular weight excluding hydrogens is 218 g/mol. The summed E-state index contributed by atoms with van der Waals surface area (Å²) in [6.45, 7) is 2.27. The molecule has 0 aromatic rings. The minimum Gasteiger partial charge on any atom is -0.317 e. The molecule has 3 heteroatoms. The predicted molar refractivity (Wildman–Crippen MR) is 53.6 cm³/mol. The van der Waals surface area contributed by atoms with Crippen molar-refractivity contribution < 1.29 is 4.79 Å². The minimum atomic E-state index is 0.546. The molecule has 1 N–H and O–H groups in total. The van der Waals surface area contributed by atoms with Crippen molar-refractivity contribution in [2.24, 2.45) is 5.92 Å². The Kier molecular flexibility index (Phi) is 4.84. The molecule has 0 spiro atoms. The van der Waals surface area contributed by atoms with Gasteiger partial charge < -0.3 is 10.1 Å². The number of piperidine rings is 1. The van der Waals surface area contributed by atoms with Crippen LogP contribution < -0.4 is 5.32 Å². The average molecular weight is 234 g/mol. The standard InChI is InChI=1S/C9H16BrNO/c10-9(2-1-7-12)8-3-5-11-6-4-8/h7-9,11H,1-6H2. The third-order valence-corrected chi connectivity index (χ3v) is 3.66. The van der Waals surface area contributed by atoms with Gasteiger partial charge in [0.25, 0.3) is 0 Å². The fourth-order valence-corrected chi connectivity index (χ4v) is 2.46. The highest BCUT2D eigenvalue weighted by Crippen LogP contribution is 2.25. The summed E-state index contributed by atoms with van der Waals surface area (Å²) < 4.78 is 0. The van der Waals surface area contributed by atoms with E-state index >= 15 is 0 Å². The van der Waals surface area contributed by atoms with Crippen molar-refractivity contribution in [1.82, 2.24) is 5.32 Å². The molecule has 1 heterocycles. The molecule has 0 radical (unpaired) electrons. The van der Waals surface area contributed by atoms with E-state index in [1.807, 2.05) is 0 Å². The van der Waals surface area contributed by atoms with Gasteiger partial charge in [0, 0.05) is 11.2 Å². The first-order chi connectivity index (χ1) is 5.84. The van der Waals surface area contributed by atoms with E-state index in [-0.39, 0.29) is 0 Å². The molecule has 0 aliphatic carbocycles. The Balaban J connectivity index is 2.19. The van der Waals surface area contributed by atoms with Crippen LogP contribution in [0.25, 0.3) is 0 Å². The predicted octanol–water partition coefficient (Wildman–Crippen LogP) is 1.73. The van der Waals surface area contributed by atoms with Gasteiger partial charge in [-0.3, -0.25) is 0 Å². The molecule has 1 atom stereocenters. The molecule has 70 valence electrons. The van der Waals surface area contributed by atoms with E-state index in [1.54, 1.807) is 0 Å². The minimum absolute atomic E-state index is 0.546. The summed E-state index contributed by atoms with van der Waals surface area (Å²) in [5.74, 6) is 0.770. The monoisotopic (exact) mass is 233 g/mol. The molecule has 12 heavy (non-hydrogen) atoms. The Labute approximate surface area is 82.2 Å². The van der Waals surface area contributed by atoms with Gasteiger partial charge in [-0.15, -0.1) is 0 Å². The topological polar surface area (TPSA) is 29.1 Å². The normalized spacial score (nSPS) is 22.1. The van der Waals surface area contributed by atoms with Crippen LogP contribution in [0.4, 0.5) is 0 Å². The van der Waals surface area contributed by atoms with Crippen LogP contribution in [0, 0.1) is 5.92 Å². The quantitative estimate of drug-likeness (QED) is 0.592. The molecule has 0 aromatic heterocycles. The highest BCUT2D eigenvalue weighted by Gasteiger charge is 2.20. The molecule has 0 saturated carbocycles. The molecule has 1 aliphatic heterocycles. The van der Waals surface area contributed by atoms with Gasteiger partial charge in [0.2, 0.25) is 0 Å². The molecule has 1 rings (SSSR count). The molecule has 0 bridgehead atoms. The molecule has 0 aromatic carbocycles. The lowest BCUT2D eigenvalue weighted by Crippen LogP contribution is -2.31. The average Bonchev–Trinajstić information content (AvgIpc) is 2.15. The first-order valence-electron chi connectivity index (χ1n) is 4.63. The summed E-state index contributed by atoms with van der Waals surface area (Å²) in [7, 11) is 0. The van der Waals surface area contributed by atoms with Crippen LogP contribution in [0.2, 0.25) is 0 Å². The lowest BCUT2D eigenvalue weighted by atomic mass is 9.92. The second-order valence-corrected chi connectivity index (χ2v) is 4.52. The number of hydrogen-bond donors (Lipinski definition) is 1. The zero-order chi connectivity index (χ0) is 8.81. The fraction of sp³-hybridized carbons (Fsp3) is 0.889. The molecular formula is C9H16BrNO. The Bertz CT molecular complexity index is 134. The highest BCUT2D eigenvalue weighted by atomic mass is 79.9. The smallest absolute Gasteiger partial charge is 0.120 e. The van der Waals surface area contributed by atoms with Crippen molar-refractivity contribution >= 4 is 22.2 Å². The summed E-state index contributed by atoms with van der Waals surface area (Å²) in [6.07, 6.45) is 5.19. The van der Waals surface area contributed by atoms with E-state index in [0.717, 1.165) is 31.7 Å². The number of nitrogens with one attached hydrogen (secondary N) is 1. The van der Waals surface area contributed by atoms with E-state index in [4.69, 9.17) is 0 Å². The number of carbonyl (C=O) groups excluding carboxylic acids is 1. The van der Waals surface area contributed by atoms with Crippen LogP contribution in [0.5, 0.6) is 0 Å². The van der Waals surface area contributed by atoms with Gasteiger partial charge in [0.05, 0.1) is 0 Å². The van der Waals surface area contributed by atoms with E-state index in [2.05, 4.69) is 21.2 Å². The van der Waals surface area contributed by atoms with Crippen LogP contribution in [0.1, 0.15) is 25.7 Å². The summed E-state index contributed by atoms with van der Waals surface area (Å²) in [5.41, 5.74) is 0. The molecule has 2 nitrogen and oxygen atoms in total. The van der Waals surface area contributed by atoms with E-state index < -0.39 is 0 Å². The zero-order valence-electron chi connectivity index (χ0n) is 7.26. The fourth-order valence-electron chi connectivity index (χ4n) is 1.67. The zero-order valence-corrected chi connectivity index (χ0v) is 8.85. The summed E-state index contributed by atoms with van der Waals surface area (Å²) in [4.78, 5) is 10.7. The Morgan fingerprint density at radius 1 is 1.50 bits per heavy atom. The van der Waals surface area contributed by atoms with Crippen LogP contribution >= 0.6 is 15.9 Å². The van der Waals surface area contributed by atoms with Crippen LogP contribution in [0.3, 0.4) is 0 Å². The van der Waals surface area contributed by atoms with E-state index in [9.17, 15) is 4.79 Å². The van der Waals surface area contributed by atoms with Crippen molar-refractivity contribution in [3.8, 4) is 0 Å². The Morgan fingerprint density at radius 3 is 2.75 bits per heavy atom. The molecule has 1 aliphatic rings. The number of alkyl halides is 1. The Hall–Kier alpha value is 0.110. The molecule has 1 unspecified atom stereocenters. The highest BCUT2D eigenvalue weighted by molar-refractivity contribution is 9.09. The van der Waals surface area contributed by atoms with Crippen molar-refractivity contribution in [3.05, 3.63) is 0 Å². The van der Waals surface area contributed by atoms with Crippen molar-refractivity contribution in [2.75, 3.05) is 13.1 Å². The van der Waals surface area contributed by atoms with Crippen LogP contribution in [-0.2, 0) is 4.79 Å². The summed E-state index contributed by atoms with van der Waals surface area (Å²) >= 11 is 3.65. The van der Waals surface area contributed by atoms with Crippen LogP contribution in [0.15, 0.2) is 0 Å². The second kappa shape index (κ2) is 5.70. The first-order valence-corrected chi connectivity index (χ1v) is 5.54. The number of rotatable bonds is 4. The summed E-state index contributed by atoms with van der Waals surface area (Å²) in [6, 6.07) is 0. The third kappa shape index (κ3) is 3.23. The largest absolute Gasteiger partial charge is 0.317 e. The maximum absolute atomic E-state index is 10.2. The number of carbonyl (C=O) groups is 1. The first kappa shape index (κ1) is 10.2. The van der Waals surface area contributed by atoms with Crippen molar-refractivity contribution in [2.45, 2.75) is 30.5 Å². The SMILES string of the molecule is O=CCCC(Br)C1CCNCC1. The maximum Gasteiger partial charge on any atom is 0.120 e. The molecule has 1 saturated heterocycles.